The summed E-state index contributed by atoms with van der Waals surface area (Å²) in [6, 6.07) is 16.2. The second kappa shape index (κ2) is 3.79. The van der Waals surface area contributed by atoms with Crippen LogP contribution in [0.25, 0.3) is 43.7 Å². The highest BCUT2D eigenvalue weighted by atomic mass is 16.3. The van der Waals surface area contributed by atoms with E-state index < -0.39 is 0 Å². The first-order valence-corrected chi connectivity index (χ1v) is 6.85. The third-order valence-corrected chi connectivity index (χ3v) is 3.95. The van der Waals surface area contributed by atoms with E-state index in [1.165, 1.54) is 0 Å². The van der Waals surface area contributed by atoms with Crippen molar-refractivity contribution < 1.29 is 4.42 Å². The van der Waals surface area contributed by atoms with Crippen LogP contribution in [-0.4, -0.2) is 9.97 Å². The summed E-state index contributed by atoms with van der Waals surface area (Å²) in [5, 5.41) is 4.34. The van der Waals surface area contributed by atoms with Crippen LogP contribution in [0.4, 0.5) is 0 Å². The number of benzene rings is 2. The third-order valence-electron chi connectivity index (χ3n) is 3.95. The highest BCUT2D eigenvalue weighted by molar-refractivity contribution is 6.21. The van der Waals surface area contributed by atoms with E-state index in [1.54, 1.807) is 6.20 Å². The number of furan rings is 1. The Morgan fingerprint density at radius 2 is 1.43 bits per heavy atom. The van der Waals surface area contributed by atoms with Gasteiger partial charge in [0.1, 0.15) is 11.1 Å². The smallest absolute Gasteiger partial charge is 0.161 e. The van der Waals surface area contributed by atoms with Gasteiger partial charge in [0.25, 0.3) is 0 Å². The molecule has 0 saturated heterocycles. The van der Waals surface area contributed by atoms with E-state index >= 15 is 0 Å². The molecule has 3 heterocycles. The lowest BCUT2D eigenvalue weighted by molar-refractivity contribution is 0.672. The molecular formula is C18H10N2O. The molecule has 0 aliphatic heterocycles. The Morgan fingerprint density at radius 3 is 2.29 bits per heavy atom. The molecule has 0 aliphatic carbocycles. The Balaban J connectivity index is 2.11. The van der Waals surface area contributed by atoms with Gasteiger partial charge in [-0.25, -0.2) is 0 Å². The lowest BCUT2D eigenvalue weighted by Gasteiger charge is -1.98. The zero-order valence-corrected chi connectivity index (χ0v) is 11.1. The highest BCUT2D eigenvalue weighted by Crippen LogP contribution is 2.36. The lowest BCUT2D eigenvalue weighted by Crippen LogP contribution is -1.79. The van der Waals surface area contributed by atoms with Crippen molar-refractivity contribution in [3.05, 3.63) is 60.9 Å². The van der Waals surface area contributed by atoms with E-state index in [2.05, 4.69) is 28.2 Å². The largest absolute Gasteiger partial charge is 0.454 e. The molecule has 98 valence electrons. The summed E-state index contributed by atoms with van der Waals surface area (Å²) < 4.78 is 6.07. The van der Waals surface area contributed by atoms with Gasteiger partial charge in [0, 0.05) is 28.6 Å². The molecule has 5 rings (SSSR count). The van der Waals surface area contributed by atoms with Gasteiger partial charge in [0.05, 0.1) is 10.9 Å². The Bertz CT molecular complexity index is 1140. The molecule has 0 unspecified atom stereocenters. The maximum absolute atomic E-state index is 6.07. The first-order valence-electron chi connectivity index (χ1n) is 6.85. The summed E-state index contributed by atoms with van der Waals surface area (Å²) in [5.41, 5.74) is 3.56. The van der Waals surface area contributed by atoms with E-state index in [1.807, 2.05) is 36.5 Å². The summed E-state index contributed by atoms with van der Waals surface area (Å²) in [6.07, 6.45) is 3.62. The maximum atomic E-state index is 6.07. The van der Waals surface area contributed by atoms with Crippen molar-refractivity contribution in [2.75, 3.05) is 0 Å². The van der Waals surface area contributed by atoms with Crippen molar-refractivity contribution >= 4 is 43.7 Å². The van der Waals surface area contributed by atoms with Gasteiger partial charge in [-0.05, 0) is 30.3 Å². The van der Waals surface area contributed by atoms with Crippen LogP contribution in [0.2, 0.25) is 0 Å². The molecular weight excluding hydrogens is 260 g/mol. The van der Waals surface area contributed by atoms with Crippen LogP contribution in [0.3, 0.4) is 0 Å². The Kier molecular flexibility index (Phi) is 1.95. The quantitative estimate of drug-likeness (QED) is 0.410. The molecule has 0 atom stereocenters. The topological polar surface area (TPSA) is 38.9 Å². The van der Waals surface area contributed by atoms with Crippen LogP contribution in [0.15, 0.2) is 65.3 Å². The monoisotopic (exact) mass is 270 g/mol. The SMILES string of the molecule is c1cnc2c(c1)ccc1c2oc2ccc3cccnc3c21. The zero-order chi connectivity index (χ0) is 13.8. The average molecular weight is 270 g/mol. The van der Waals surface area contributed by atoms with Gasteiger partial charge in [0.15, 0.2) is 5.58 Å². The maximum Gasteiger partial charge on any atom is 0.161 e. The Morgan fingerprint density at radius 1 is 0.714 bits per heavy atom. The van der Waals surface area contributed by atoms with Crippen molar-refractivity contribution in [3.63, 3.8) is 0 Å². The van der Waals surface area contributed by atoms with Gasteiger partial charge >= 0.3 is 0 Å². The molecule has 5 aromatic rings. The van der Waals surface area contributed by atoms with Crippen LogP contribution in [0.5, 0.6) is 0 Å². The molecule has 0 fully saturated rings. The summed E-state index contributed by atoms with van der Waals surface area (Å²) in [6.45, 7) is 0. The van der Waals surface area contributed by atoms with Crippen molar-refractivity contribution in [1.29, 1.82) is 0 Å². The molecule has 3 aromatic heterocycles. The van der Waals surface area contributed by atoms with E-state index in [-0.39, 0.29) is 0 Å². The van der Waals surface area contributed by atoms with Crippen LogP contribution in [-0.2, 0) is 0 Å². The van der Waals surface area contributed by atoms with Crippen LogP contribution >= 0.6 is 0 Å². The van der Waals surface area contributed by atoms with Crippen molar-refractivity contribution in [1.82, 2.24) is 9.97 Å². The fraction of sp³-hybridized carbons (Fsp3) is 0. The molecule has 0 spiro atoms. The summed E-state index contributed by atoms with van der Waals surface area (Å²) in [4.78, 5) is 9.00. The second-order valence-electron chi connectivity index (χ2n) is 5.13. The number of fused-ring (bicyclic) bond motifs is 7. The molecule has 0 amide bonds. The van der Waals surface area contributed by atoms with Gasteiger partial charge in [-0.3, -0.25) is 9.97 Å². The second-order valence-corrected chi connectivity index (χ2v) is 5.13. The highest BCUT2D eigenvalue weighted by Gasteiger charge is 2.13. The molecule has 21 heavy (non-hydrogen) atoms. The molecule has 0 N–H and O–H groups in total. The normalized spacial score (nSPS) is 11.8. The Labute approximate surface area is 119 Å². The van der Waals surface area contributed by atoms with Crippen molar-refractivity contribution in [2.45, 2.75) is 0 Å². The number of pyridine rings is 2. The number of nitrogens with zero attached hydrogens (tertiary/aromatic N) is 2. The van der Waals surface area contributed by atoms with E-state index in [4.69, 9.17) is 4.42 Å². The number of hydrogen-bond acceptors (Lipinski definition) is 3. The minimum absolute atomic E-state index is 0.834. The van der Waals surface area contributed by atoms with Gasteiger partial charge in [-0.1, -0.05) is 18.2 Å². The average Bonchev–Trinajstić information content (AvgIpc) is 2.94. The standard InChI is InChI=1S/C18H10N2O/c1-3-11-6-8-14-15(16(11)19-9-1)13-7-5-12-4-2-10-20-17(12)18(13)21-14/h1-10H. The van der Waals surface area contributed by atoms with Gasteiger partial charge in [0.2, 0.25) is 0 Å². The van der Waals surface area contributed by atoms with E-state index in [9.17, 15) is 0 Å². The zero-order valence-electron chi connectivity index (χ0n) is 11.1. The first kappa shape index (κ1) is 10.8. The summed E-state index contributed by atoms with van der Waals surface area (Å²) >= 11 is 0. The Hall–Kier alpha value is -2.94. The lowest BCUT2D eigenvalue weighted by atomic mass is 10.1. The van der Waals surface area contributed by atoms with Crippen LogP contribution < -0.4 is 0 Å². The number of rotatable bonds is 0. The van der Waals surface area contributed by atoms with E-state index in [0.29, 0.717) is 0 Å². The molecule has 0 saturated carbocycles. The number of hydrogen-bond donors (Lipinski definition) is 0. The molecule has 2 aromatic carbocycles. The third kappa shape index (κ3) is 1.37. The molecule has 3 nitrogen and oxygen atoms in total. The van der Waals surface area contributed by atoms with Crippen LogP contribution in [0, 0.1) is 0 Å². The fourth-order valence-corrected chi connectivity index (χ4v) is 3.00. The molecule has 0 radical (unpaired) electrons. The molecule has 3 heteroatoms. The summed E-state index contributed by atoms with van der Waals surface area (Å²) in [5.74, 6) is 0. The predicted octanol–water partition coefficient (Wildman–Crippen LogP) is 4.68. The van der Waals surface area contributed by atoms with Crippen molar-refractivity contribution in [2.24, 2.45) is 0 Å². The minimum Gasteiger partial charge on any atom is -0.454 e. The first-order chi connectivity index (χ1) is 10.4. The van der Waals surface area contributed by atoms with Gasteiger partial charge in [-0.15, -0.1) is 0 Å². The summed E-state index contributed by atoms with van der Waals surface area (Å²) in [7, 11) is 0. The molecule has 0 bridgehead atoms. The fourth-order valence-electron chi connectivity index (χ4n) is 3.00. The molecule has 0 aliphatic rings. The number of aromatic nitrogens is 2. The van der Waals surface area contributed by atoms with Crippen molar-refractivity contribution in [3.8, 4) is 0 Å². The minimum atomic E-state index is 0.834. The predicted molar refractivity (Wildman–Crippen MR) is 84.3 cm³/mol. The van der Waals surface area contributed by atoms with E-state index in [0.717, 1.165) is 43.7 Å². The van der Waals surface area contributed by atoms with Gasteiger partial charge < -0.3 is 4.42 Å². The van der Waals surface area contributed by atoms with Crippen LogP contribution in [0.1, 0.15) is 0 Å². The van der Waals surface area contributed by atoms with Gasteiger partial charge in [-0.2, -0.15) is 0 Å².